The van der Waals surface area contributed by atoms with Crippen LogP contribution in [-0.2, 0) is 10.3 Å². The summed E-state index contributed by atoms with van der Waals surface area (Å²) in [5, 5.41) is 0. The minimum absolute atomic E-state index is 0.289. The molecule has 0 aromatic heterocycles. The zero-order valence-electron chi connectivity index (χ0n) is 11.8. The standard InChI is InChI=1S/C14H20BrNO3/c1-5-19-14(8-16(2)9-14)10-6-13(18-4)11(15)7-12(10)17-3/h6-7H,5,8-9H2,1-4H3. The molecule has 0 radical (unpaired) electrons. The molecule has 1 aromatic carbocycles. The van der Waals surface area contributed by atoms with Gasteiger partial charge in [0, 0.05) is 25.3 Å². The van der Waals surface area contributed by atoms with Crippen LogP contribution in [0.25, 0.3) is 0 Å². The highest BCUT2D eigenvalue weighted by Gasteiger charge is 2.45. The van der Waals surface area contributed by atoms with Crippen LogP contribution in [0.1, 0.15) is 12.5 Å². The van der Waals surface area contributed by atoms with Gasteiger partial charge in [-0.15, -0.1) is 0 Å². The van der Waals surface area contributed by atoms with Crippen molar-refractivity contribution in [2.24, 2.45) is 0 Å². The molecule has 19 heavy (non-hydrogen) atoms. The lowest BCUT2D eigenvalue weighted by molar-refractivity contribution is -0.140. The van der Waals surface area contributed by atoms with E-state index in [1.54, 1.807) is 14.2 Å². The quantitative estimate of drug-likeness (QED) is 0.831. The average Bonchev–Trinajstić information content (AvgIpc) is 2.36. The predicted molar refractivity (Wildman–Crippen MR) is 78.0 cm³/mol. The lowest BCUT2D eigenvalue weighted by Crippen LogP contribution is -2.59. The number of methoxy groups -OCH3 is 2. The summed E-state index contributed by atoms with van der Waals surface area (Å²) in [4.78, 5) is 2.23. The van der Waals surface area contributed by atoms with Crippen molar-refractivity contribution < 1.29 is 14.2 Å². The van der Waals surface area contributed by atoms with Gasteiger partial charge in [-0.25, -0.2) is 0 Å². The molecule has 0 unspecified atom stereocenters. The third kappa shape index (κ3) is 2.59. The van der Waals surface area contributed by atoms with Gasteiger partial charge in [0.05, 0.1) is 18.7 Å². The SMILES string of the molecule is CCOC1(c2cc(OC)c(Br)cc2OC)CN(C)C1. The first kappa shape index (κ1) is 14.6. The van der Waals surface area contributed by atoms with E-state index in [9.17, 15) is 0 Å². The third-order valence-corrected chi connectivity index (χ3v) is 4.06. The van der Waals surface area contributed by atoms with Gasteiger partial charge in [-0.2, -0.15) is 0 Å². The molecule has 106 valence electrons. The van der Waals surface area contributed by atoms with Gasteiger partial charge in [0.15, 0.2) is 0 Å². The van der Waals surface area contributed by atoms with Crippen molar-refractivity contribution in [3.8, 4) is 11.5 Å². The van der Waals surface area contributed by atoms with Crippen LogP contribution >= 0.6 is 15.9 Å². The van der Waals surface area contributed by atoms with E-state index in [1.807, 2.05) is 19.1 Å². The van der Waals surface area contributed by atoms with Crippen molar-refractivity contribution in [2.75, 3.05) is 41.0 Å². The average molecular weight is 330 g/mol. The van der Waals surface area contributed by atoms with E-state index in [-0.39, 0.29) is 5.60 Å². The summed E-state index contributed by atoms with van der Waals surface area (Å²) >= 11 is 3.48. The Hall–Kier alpha value is -0.780. The van der Waals surface area contributed by atoms with Crippen LogP contribution in [-0.4, -0.2) is 45.9 Å². The van der Waals surface area contributed by atoms with E-state index in [2.05, 4.69) is 27.9 Å². The maximum absolute atomic E-state index is 6.01. The topological polar surface area (TPSA) is 30.9 Å². The summed E-state index contributed by atoms with van der Waals surface area (Å²) in [5.74, 6) is 1.62. The molecular weight excluding hydrogens is 310 g/mol. The minimum Gasteiger partial charge on any atom is -0.496 e. The second kappa shape index (κ2) is 5.69. The molecule has 1 aliphatic rings. The Bertz CT molecular complexity index is 453. The molecule has 0 N–H and O–H groups in total. The highest BCUT2D eigenvalue weighted by atomic mass is 79.9. The summed E-state index contributed by atoms with van der Waals surface area (Å²) in [5.41, 5.74) is 0.762. The van der Waals surface area contributed by atoms with E-state index < -0.39 is 0 Å². The minimum atomic E-state index is -0.289. The van der Waals surface area contributed by atoms with Gasteiger partial charge in [0.1, 0.15) is 17.1 Å². The Kier molecular flexibility index (Phi) is 4.38. The third-order valence-electron chi connectivity index (χ3n) is 3.44. The Balaban J connectivity index is 2.46. The number of hydrogen-bond donors (Lipinski definition) is 0. The van der Waals surface area contributed by atoms with Gasteiger partial charge in [-0.3, -0.25) is 4.90 Å². The van der Waals surface area contributed by atoms with Crippen LogP contribution in [0.3, 0.4) is 0 Å². The fraction of sp³-hybridized carbons (Fsp3) is 0.571. The van der Waals surface area contributed by atoms with E-state index >= 15 is 0 Å². The highest BCUT2D eigenvalue weighted by Crippen LogP contribution is 2.43. The summed E-state index contributed by atoms with van der Waals surface area (Å²) in [6.07, 6.45) is 0. The van der Waals surface area contributed by atoms with Gasteiger partial charge in [-0.05, 0) is 42.0 Å². The first-order valence-corrected chi connectivity index (χ1v) is 7.10. The zero-order valence-corrected chi connectivity index (χ0v) is 13.4. The number of rotatable bonds is 5. The van der Waals surface area contributed by atoms with Gasteiger partial charge in [0.25, 0.3) is 0 Å². The number of hydrogen-bond acceptors (Lipinski definition) is 4. The van der Waals surface area contributed by atoms with Gasteiger partial charge in [-0.1, -0.05) is 0 Å². The second-order valence-electron chi connectivity index (χ2n) is 4.79. The Labute approximate surface area is 122 Å². The van der Waals surface area contributed by atoms with Crippen molar-refractivity contribution in [1.29, 1.82) is 0 Å². The van der Waals surface area contributed by atoms with Crippen LogP contribution < -0.4 is 9.47 Å². The van der Waals surface area contributed by atoms with Gasteiger partial charge < -0.3 is 14.2 Å². The number of benzene rings is 1. The number of likely N-dealkylation sites (N-methyl/N-ethyl adjacent to an activating group) is 1. The first-order valence-electron chi connectivity index (χ1n) is 6.31. The molecule has 0 saturated carbocycles. The van der Waals surface area contributed by atoms with Gasteiger partial charge in [0.2, 0.25) is 0 Å². The predicted octanol–water partition coefficient (Wildman–Crippen LogP) is 2.64. The number of halogens is 1. The molecule has 0 aliphatic carbocycles. The molecule has 1 heterocycles. The van der Waals surface area contributed by atoms with Crippen molar-refractivity contribution in [3.63, 3.8) is 0 Å². The molecule has 5 heteroatoms. The Morgan fingerprint density at radius 1 is 1.21 bits per heavy atom. The summed E-state index contributed by atoms with van der Waals surface area (Å²) in [6.45, 7) is 4.42. The van der Waals surface area contributed by atoms with E-state index in [1.165, 1.54) is 0 Å². The number of nitrogens with zero attached hydrogens (tertiary/aromatic N) is 1. The van der Waals surface area contributed by atoms with Crippen LogP contribution in [0.2, 0.25) is 0 Å². The number of likely N-dealkylation sites (tertiary alicyclic amines) is 1. The fourth-order valence-corrected chi connectivity index (χ4v) is 3.14. The van der Waals surface area contributed by atoms with Crippen LogP contribution in [0.4, 0.5) is 0 Å². The summed E-state index contributed by atoms with van der Waals surface area (Å²) in [7, 11) is 5.43. The molecule has 1 aliphatic heterocycles. The van der Waals surface area contributed by atoms with E-state index in [0.717, 1.165) is 34.6 Å². The van der Waals surface area contributed by atoms with Crippen LogP contribution in [0, 0.1) is 0 Å². The normalized spacial score (nSPS) is 17.9. The lowest BCUT2D eigenvalue weighted by Gasteiger charge is -2.48. The van der Waals surface area contributed by atoms with E-state index in [0.29, 0.717) is 6.61 Å². The summed E-state index contributed by atoms with van der Waals surface area (Å²) in [6, 6.07) is 3.94. The molecule has 1 saturated heterocycles. The molecule has 1 aromatic rings. The van der Waals surface area contributed by atoms with Gasteiger partial charge >= 0.3 is 0 Å². The summed E-state index contributed by atoms with van der Waals surface area (Å²) < 4.78 is 17.8. The Morgan fingerprint density at radius 2 is 1.84 bits per heavy atom. The van der Waals surface area contributed by atoms with Crippen LogP contribution in [0.15, 0.2) is 16.6 Å². The molecule has 4 nitrogen and oxygen atoms in total. The molecular formula is C14H20BrNO3. The molecule has 0 atom stereocenters. The fourth-order valence-electron chi connectivity index (χ4n) is 2.66. The zero-order chi connectivity index (χ0) is 14.0. The van der Waals surface area contributed by atoms with Crippen molar-refractivity contribution in [3.05, 3.63) is 22.2 Å². The van der Waals surface area contributed by atoms with Crippen LogP contribution in [0.5, 0.6) is 11.5 Å². The maximum atomic E-state index is 6.01. The molecule has 1 fully saturated rings. The van der Waals surface area contributed by atoms with Crippen molar-refractivity contribution in [2.45, 2.75) is 12.5 Å². The maximum Gasteiger partial charge on any atom is 0.133 e. The van der Waals surface area contributed by atoms with Crippen molar-refractivity contribution in [1.82, 2.24) is 4.90 Å². The first-order chi connectivity index (χ1) is 9.06. The lowest BCUT2D eigenvalue weighted by atomic mass is 9.85. The number of ether oxygens (including phenoxy) is 3. The highest BCUT2D eigenvalue weighted by molar-refractivity contribution is 9.10. The second-order valence-corrected chi connectivity index (χ2v) is 5.64. The largest absolute Gasteiger partial charge is 0.496 e. The Morgan fingerprint density at radius 3 is 2.32 bits per heavy atom. The molecule has 2 rings (SSSR count). The monoisotopic (exact) mass is 329 g/mol. The molecule has 0 spiro atoms. The van der Waals surface area contributed by atoms with Crippen molar-refractivity contribution >= 4 is 15.9 Å². The molecule has 0 bridgehead atoms. The molecule has 0 amide bonds. The smallest absolute Gasteiger partial charge is 0.133 e. The van der Waals surface area contributed by atoms with E-state index in [4.69, 9.17) is 14.2 Å².